The molecule has 0 saturated carbocycles. The molecular formula is C21H20N2O5. The summed E-state index contributed by atoms with van der Waals surface area (Å²) >= 11 is 0. The van der Waals surface area contributed by atoms with Crippen molar-refractivity contribution in [2.24, 2.45) is 0 Å². The van der Waals surface area contributed by atoms with Crippen molar-refractivity contribution in [3.63, 3.8) is 0 Å². The summed E-state index contributed by atoms with van der Waals surface area (Å²) in [6, 6.07) is 12.6. The number of esters is 2. The normalized spacial score (nSPS) is 17.9. The van der Waals surface area contributed by atoms with Gasteiger partial charge in [-0.1, -0.05) is 30.3 Å². The fourth-order valence-corrected chi connectivity index (χ4v) is 3.02. The van der Waals surface area contributed by atoms with E-state index in [-0.39, 0.29) is 5.78 Å². The zero-order chi connectivity index (χ0) is 20.1. The highest BCUT2D eigenvalue weighted by atomic mass is 16.5. The number of ether oxygens (including phenoxy) is 2. The lowest BCUT2D eigenvalue weighted by Gasteiger charge is -2.24. The molecule has 0 aliphatic heterocycles. The van der Waals surface area contributed by atoms with E-state index in [2.05, 4.69) is 10.6 Å². The van der Waals surface area contributed by atoms with Crippen LogP contribution in [-0.2, 0) is 14.3 Å². The van der Waals surface area contributed by atoms with Crippen LogP contribution in [0.3, 0.4) is 0 Å². The second kappa shape index (κ2) is 8.39. The van der Waals surface area contributed by atoms with Crippen LogP contribution in [0.15, 0.2) is 60.7 Å². The van der Waals surface area contributed by atoms with Gasteiger partial charge >= 0.3 is 11.9 Å². The van der Waals surface area contributed by atoms with Crippen LogP contribution < -0.4 is 10.6 Å². The van der Waals surface area contributed by atoms with E-state index >= 15 is 0 Å². The highest BCUT2D eigenvalue weighted by Gasteiger charge is 2.31. The SMILES string of the molecule is COC(=O)c1ccccc1N[C@H]1C=CC(=O)[C@H]1Nc1ccccc1C(=O)OC. The Kier molecular flexibility index (Phi) is 5.74. The maximum Gasteiger partial charge on any atom is 0.339 e. The number of benzene rings is 2. The summed E-state index contributed by atoms with van der Waals surface area (Å²) in [5.41, 5.74) is 1.74. The molecule has 144 valence electrons. The van der Waals surface area contributed by atoms with Crippen LogP contribution in [0.5, 0.6) is 0 Å². The molecule has 0 heterocycles. The number of hydrogen-bond acceptors (Lipinski definition) is 7. The van der Waals surface area contributed by atoms with Gasteiger partial charge in [-0.3, -0.25) is 4.79 Å². The van der Waals surface area contributed by atoms with Crippen LogP contribution in [-0.4, -0.2) is 44.0 Å². The highest BCUT2D eigenvalue weighted by molar-refractivity contribution is 6.03. The van der Waals surface area contributed by atoms with Crippen LogP contribution in [0.4, 0.5) is 11.4 Å². The van der Waals surface area contributed by atoms with Crippen LogP contribution in [0.2, 0.25) is 0 Å². The predicted octanol–water partition coefficient (Wildman–Crippen LogP) is 2.66. The van der Waals surface area contributed by atoms with Gasteiger partial charge in [0.2, 0.25) is 0 Å². The van der Waals surface area contributed by atoms with Gasteiger partial charge in [-0.05, 0) is 30.3 Å². The Morgan fingerprint density at radius 3 is 1.86 bits per heavy atom. The lowest BCUT2D eigenvalue weighted by atomic mass is 10.1. The number of ketones is 1. The maximum absolute atomic E-state index is 12.4. The number of para-hydroxylation sites is 2. The van der Waals surface area contributed by atoms with Crippen molar-refractivity contribution in [3.05, 3.63) is 71.8 Å². The fraction of sp³-hybridized carbons (Fsp3) is 0.190. The van der Waals surface area contributed by atoms with Crippen molar-refractivity contribution < 1.29 is 23.9 Å². The monoisotopic (exact) mass is 380 g/mol. The molecule has 2 aromatic rings. The first-order valence-corrected chi connectivity index (χ1v) is 8.65. The third kappa shape index (κ3) is 3.88. The molecule has 0 fully saturated rings. The van der Waals surface area contributed by atoms with Gasteiger partial charge in [0.15, 0.2) is 5.78 Å². The van der Waals surface area contributed by atoms with Gasteiger partial charge in [-0.25, -0.2) is 9.59 Å². The molecule has 2 atom stereocenters. The maximum atomic E-state index is 12.4. The van der Waals surface area contributed by atoms with E-state index in [0.717, 1.165) is 0 Å². The van der Waals surface area contributed by atoms with Crippen LogP contribution in [0.25, 0.3) is 0 Å². The van der Waals surface area contributed by atoms with Crippen LogP contribution >= 0.6 is 0 Å². The first-order valence-electron chi connectivity index (χ1n) is 8.65. The second-order valence-corrected chi connectivity index (χ2v) is 6.13. The number of rotatable bonds is 6. The van der Waals surface area contributed by atoms with Gasteiger partial charge in [0.25, 0.3) is 0 Å². The van der Waals surface area contributed by atoms with Gasteiger partial charge in [0.1, 0.15) is 6.04 Å². The Balaban J connectivity index is 1.85. The molecular weight excluding hydrogens is 360 g/mol. The second-order valence-electron chi connectivity index (χ2n) is 6.13. The Morgan fingerprint density at radius 1 is 0.821 bits per heavy atom. The van der Waals surface area contributed by atoms with Crippen molar-refractivity contribution in [2.75, 3.05) is 24.9 Å². The minimum absolute atomic E-state index is 0.146. The molecule has 0 bridgehead atoms. The predicted molar refractivity (Wildman–Crippen MR) is 105 cm³/mol. The Morgan fingerprint density at radius 2 is 1.32 bits per heavy atom. The molecule has 2 aromatic carbocycles. The molecule has 0 saturated heterocycles. The molecule has 2 N–H and O–H groups in total. The topological polar surface area (TPSA) is 93.7 Å². The summed E-state index contributed by atoms with van der Waals surface area (Å²) in [5.74, 6) is -1.12. The zero-order valence-electron chi connectivity index (χ0n) is 15.5. The highest BCUT2D eigenvalue weighted by Crippen LogP contribution is 2.24. The molecule has 0 aromatic heterocycles. The summed E-state index contributed by atoms with van der Waals surface area (Å²) in [6.45, 7) is 0. The number of carbonyl (C=O) groups excluding carboxylic acids is 3. The quantitative estimate of drug-likeness (QED) is 0.744. The van der Waals surface area contributed by atoms with Crippen molar-refractivity contribution in [3.8, 4) is 0 Å². The van der Waals surface area contributed by atoms with Gasteiger partial charge in [-0.2, -0.15) is 0 Å². The Labute approximate surface area is 162 Å². The van der Waals surface area contributed by atoms with E-state index < -0.39 is 24.0 Å². The van der Waals surface area contributed by atoms with Crippen LogP contribution in [0.1, 0.15) is 20.7 Å². The number of hydrogen-bond donors (Lipinski definition) is 2. The molecule has 28 heavy (non-hydrogen) atoms. The first kappa shape index (κ1) is 19.2. The van der Waals surface area contributed by atoms with Crippen molar-refractivity contribution in [1.29, 1.82) is 0 Å². The van der Waals surface area contributed by atoms with Crippen molar-refractivity contribution >= 4 is 29.1 Å². The lowest BCUT2D eigenvalue weighted by Crippen LogP contribution is -2.40. The summed E-state index contributed by atoms with van der Waals surface area (Å²) in [7, 11) is 2.61. The summed E-state index contributed by atoms with van der Waals surface area (Å²) < 4.78 is 9.61. The molecule has 3 rings (SSSR count). The summed E-state index contributed by atoms with van der Waals surface area (Å²) in [4.78, 5) is 36.4. The van der Waals surface area contributed by atoms with E-state index in [4.69, 9.17) is 9.47 Å². The third-order valence-corrected chi connectivity index (χ3v) is 4.43. The summed E-state index contributed by atoms with van der Waals surface area (Å²) in [6.07, 6.45) is 3.19. The third-order valence-electron chi connectivity index (χ3n) is 4.43. The molecule has 0 amide bonds. The molecule has 7 heteroatoms. The van der Waals surface area contributed by atoms with E-state index in [1.165, 1.54) is 20.3 Å². The van der Waals surface area contributed by atoms with Crippen molar-refractivity contribution in [2.45, 2.75) is 12.1 Å². The number of carbonyl (C=O) groups is 3. The first-order chi connectivity index (χ1) is 13.5. The van der Waals surface area contributed by atoms with E-state index in [0.29, 0.717) is 22.5 Å². The van der Waals surface area contributed by atoms with Gasteiger partial charge in [0.05, 0.1) is 31.4 Å². The van der Waals surface area contributed by atoms with Gasteiger partial charge in [-0.15, -0.1) is 0 Å². The smallest absolute Gasteiger partial charge is 0.339 e. The Bertz CT molecular complexity index is 938. The van der Waals surface area contributed by atoms with Gasteiger partial charge < -0.3 is 20.1 Å². The van der Waals surface area contributed by atoms with Gasteiger partial charge in [0, 0.05) is 11.4 Å². The zero-order valence-corrected chi connectivity index (χ0v) is 15.5. The molecule has 0 spiro atoms. The number of nitrogens with one attached hydrogen (secondary N) is 2. The molecule has 0 radical (unpaired) electrons. The van der Waals surface area contributed by atoms with E-state index in [1.54, 1.807) is 54.6 Å². The molecule has 0 unspecified atom stereocenters. The minimum atomic E-state index is -0.656. The van der Waals surface area contributed by atoms with E-state index in [9.17, 15) is 14.4 Å². The average Bonchev–Trinajstić information content (AvgIpc) is 3.07. The van der Waals surface area contributed by atoms with Crippen LogP contribution in [0, 0.1) is 0 Å². The minimum Gasteiger partial charge on any atom is -0.465 e. The standard InChI is InChI=1S/C21H20N2O5/c1-27-20(25)13-7-3-5-9-15(13)22-17-11-12-18(24)19(17)23-16-10-6-4-8-14(16)21(26)28-2/h3-12,17,19,22-23H,1-2H3/t17-,19-/m0/s1. The number of methoxy groups -OCH3 is 2. The molecule has 1 aliphatic carbocycles. The molecule has 1 aliphatic rings. The Hall–Kier alpha value is -3.61. The molecule has 7 nitrogen and oxygen atoms in total. The number of anilines is 2. The summed E-state index contributed by atoms with van der Waals surface area (Å²) in [5, 5.41) is 6.32. The van der Waals surface area contributed by atoms with Crippen molar-refractivity contribution in [1.82, 2.24) is 0 Å². The fourth-order valence-electron chi connectivity index (χ4n) is 3.02. The average molecular weight is 380 g/mol. The largest absolute Gasteiger partial charge is 0.465 e. The lowest BCUT2D eigenvalue weighted by molar-refractivity contribution is -0.114. The van der Waals surface area contributed by atoms with E-state index in [1.807, 2.05) is 0 Å².